The Labute approximate surface area is 99.7 Å². The molecule has 1 atom stereocenters. The zero-order valence-corrected chi connectivity index (χ0v) is 10.3. The summed E-state index contributed by atoms with van der Waals surface area (Å²) in [5.74, 6) is 0. The molecule has 0 bridgehead atoms. The Morgan fingerprint density at radius 1 is 1.53 bits per heavy atom. The van der Waals surface area contributed by atoms with Crippen LogP contribution in [0.4, 0.5) is 0 Å². The molecule has 15 heavy (non-hydrogen) atoms. The Bertz CT molecular complexity index is 312. The predicted octanol–water partition coefficient (Wildman–Crippen LogP) is 2.61. The summed E-state index contributed by atoms with van der Waals surface area (Å²) in [5.41, 5.74) is 6.95. The first-order valence-corrected chi connectivity index (χ1v) is 5.87. The lowest BCUT2D eigenvalue weighted by Crippen LogP contribution is -2.28. The van der Waals surface area contributed by atoms with Gasteiger partial charge < -0.3 is 11.1 Å². The molecule has 0 aliphatic heterocycles. The third kappa shape index (κ3) is 4.16. The molecule has 0 fully saturated rings. The second-order valence-electron chi connectivity index (χ2n) is 3.37. The van der Waals surface area contributed by atoms with Crippen LogP contribution in [0.25, 0.3) is 0 Å². The highest BCUT2D eigenvalue weighted by molar-refractivity contribution is 9.10. The fourth-order valence-electron chi connectivity index (χ4n) is 1.42. The van der Waals surface area contributed by atoms with Crippen molar-refractivity contribution < 1.29 is 0 Å². The minimum atomic E-state index is 0.224. The van der Waals surface area contributed by atoms with Crippen molar-refractivity contribution in [1.82, 2.24) is 5.32 Å². The van der Waals surface area contributed by atoms with Gasteiger partial charge in [-0.15, -0.1) is 6.58 Å². The van der Waals surface area contributed by atoms with E-state index in [2.05, 4.69) is 40.0 Å². The summed E-state index contributed by atoms with van der Waals surface area (Å²) in [6.45, 7) is 5.21. The van der Waals surface area contributed by atoms with Crippen LogP contribution in [0.15, 0.2) is 41.4 Å². The van der Waals surface area contributed by atoms with Gasteiger partial charge in [0.15, 0.2) is 0 Å². The minimum absolute atomic E-state index is 0.224. The maximum Gasteiger partial charge on any atom is 0.0445 e. The largest absolute Gasteiger partial charge is 0.329 e. The summed E-state index contributed by atoms with van der Waals surface area (Å²) >= 11 is 3.46. The molecule has 0 radical (unpaired) electrons. The number of nitrogens with two attached hydrogens (primary N) is 1. The first kappa shape index (κ1) is 12.4. The summed E-state index contributed by atoms with van der Waals surface area (Å²) in [5, 5.41) is 3.40. The van der Waals surface area contributed by atoms with E-state index >= 15 is 0 Å². The summed E-state index contributed by atoms with van der Waals surface area (Å²) in [6, 6.07) is 8.45. The Morgan fingerprint density at radius 2 is 2.33 bits per heavy atom. The highest BCUT2D eigenvalue weighted by Gasteiger charge is 2.07. The average molecular weight is 269 g/mol. The first-order valence-electron chi connectivity index (χ1n) is 5.07. The molecule has 0 heterocycles. The van der Waals surface area contributed by atoms with Gasteiger partial charge in [-0.3, -0.25) is 0 Å². The number of halogens is 1. The zero-order chi connectivity index (χ0) is 11.1. The van der Waals surface area contributed by atoms with Gasteiger partial charge in [-0.25, -0.2) is 0 Å². The van der Waals surface area contributed by atoms with Crippen molar-refractivity contribution in [3.63, 3.8) is 0 Å². The van der Waals surface area contributed by atoms with Gasteiger partial charge in [0.1, 0.15) is 0 Å². The highest BCUT2D eigenvalue weighted by atomic mass is 79.9. The van der Waals surface area contributed by atoms with E-state index in [1.165, 1.54) is 5.56 Å². The van der Waals surface area contributed by atoms with Crippen LogP contribution in [-0.4, -0.2) is 13.1 Å². The van der Waals surface area contributed by atoms with Gasteiger partial charge in [-0.1, -0.05) is 34.1 Å². The second kappa shape index (κ2) is 6.77. The summed E-state index contributed by atoms with van der Waals surface area (Å²) in [7, 11) is 0. The van der Waals surface area contributed by atoms with Gasteiger partial charge in [0.2, 0.25) is 0 Å². The van der Waals surface area contributed by atoms with Crippen molar-refractivity contribution in [1.29, 1.82) is 0 Å². The fourth-order valence-corrected chi connectivity index (χ4v) is 1.84. The lowest BCUT2D eigenvalue weighted by Gasteiger charge is -2.17. The van der Waals surface area contributed by atoms with Crippen LogP contribution in [0.5, 0.6) is 0 Å². The Hall–Kier alpha value is -0.640. The summed E-state index contributed by atoms with van der Waals surface area (Å²) < 4.78 is 1.09. The second-order valence-corrected chi connectivity index (χ2v) is 4.29. The molecule has 1 aromatic rings. The summed E-state index contributed by atoms with van der Waals surface area (Å²) in [4.78, 5) is 0. The lowest BCUT2D eigenvalue weighted by molar-refractivity contribution is 0.548. The van der Waals surface area contributed by atoms with E-state index < -0.39 is 0 Å². The number of benzene rings is 1. The van der Waals surface area contributed by atoms with Crippen LogP contribution in [-0.2, 0) is 0 Å². The maximum absolute atomic E-state index is 5.73. The molecule has 0 amide bonds. The maximum atomic E-state index is 5.73. The molecule has 3 heteroatoms. The lowest BCUT2D eigenvalue weighted by atomic mass is 10.1. The van der Waals surface area contributed by atoms with Crippen molar-refractivity contribution >= 4 is 15.9 Å². The Morgan fingerprint density at radius 3 is 2.93 bits per heavy atom. The minimum Gasteiger partial charge on any atom is -0.329 e. The third-order valence-corrected chi connectivity index (χ3v) is 2.72. The molecule has 3 N–H and O–H groups in total. The van der Waals surface area contributed by atoms with E-state index in [1.54, 1.807) is 0 Å². The van der Waals surface area contributed by atoms with E-state index in [4.69, 9.17) is 5.73 Å². The molecular weight excluding hydrogens is 252 g/mol. The van der Waals surface area contributed by atoms with Crippen molar-refractivity contribution in [2.24, 2.45) is 5.73 Å². The van der Waals surface area contributed by atoms with E-state index in [9.17, 15) is 0 Å². The van der Waals surface area contributed by atoms with Crippen LogP contribution >= 0.6 is 15.9 Å². The van der Waals surface area contributed by atoms with Gasteiger partial charge in [0.05, 0.1) is 0 Å². The van der Waals surface area contributed by atoms with Crippen LogP contribution in [0.1, 0.15) is 18.0 Å². The van der Waals surface area contributed by atoms with Crippen molar-refractivity contribution in [2.45, 2.75) is 12.5 Å². The molecule has 0 saturated carbocycles. The molecule has 0 aromatic heterocycles. The van der Waals surface area contributed by atoms with E-state index in [-0.39, 0.29) is 6.04 Å². The molecule has 0 spiro atoms. The van der Waals surface area contributed by atoms with Gasteiger partial charge in [-0.2, -0.15) is 0 Å². The molecule has 1 rings (SSSR count). The molecule has 0 saturated heterocycles. The highest BCUT2D eigenvalue weighted by Crippen LogP contribution is 2.17. The van der Waals surface area contributed by atoms with Gasteiger partial charge in [-0.05, 0) is 30.7 Å². The number of hydrogen-bond acceptors (Lipinski definition) is 2. The van der Waals surface area contributed by atoms with E-state index in [0.29, 0.717) is 6.54 Å². The smallest absolute Gasteiger partial charge is 0.0445 e. The van der Waals surface area contributed by atoms with E-state index in [0.717, 1.165) is 17.4 Å². The van der Waals surface area contributed by atoms with Gasteiger partial charge >= 0.3 is 0 Å². The quantitative estimate of drug-likeness (QED) is 0.615. The Balaban J connectivity index is 2.61. The number of nitrogens with one attached hydrogen (secondary N) is 1. The SMILES string of the molecule is C=CCCNC(CN)c1cccc(Br)c1. The average Bonchev–Trinajstić information content (AvgIpc) is 2.24. The predicted molar refractivity (Wildman–Crippen MR) is 68.8 cm³/mol. The van der Waals surface area contributed by atoms with Gasteiger partial charge in [0.25, 0.3) is 0 Å². The Kier molecular flexibility index (Phi) is 5.61. The molecular formula is C12H17BrN2. The molecule has 82 valence electrons. The van der Waals surface area contributed by atoms with E-state index in [1.807, 2.05) is 18.2 Å². The molecule has 1 unspecified atom stereocenters. The van der Waals surface area contributed by atoms with Crippen molar-refractivity contribution in [2.75, 3.05) is 13.1 Å². The molecule has 0 aliphatic rings. The van der Waals surface area contributed by atoms with Crippen LogP contribution in [0.3, 0.4) is 0 Å². The molecule has 2 nitrogen and oxygen atoms in total. The number of rotatable bonds is 6. The monoisotopic (exact) mass is 268 g/mol. The summed E-state index contributed by atoms with van der Waals surface area (Å²) in [6.07, 6.45) is 2.87. The molecule has 0 aliphatic carbocycles. The van der Waals surface area contributed by atoms with Crippen molar-refractivity contribution in [3.05, 3.63) is 47.0 Å². The standard InChI is InChI=1S/C12H17BrN2/c1-2-3-7-15-12(9-14)10-5-4-6-11(13)8-10/h2,4-6,8,12,15H,1,3,7,9,14H2. The molecule has 1 aromatic carbocycles. The zero-order valence-electron chi connectivity index (χ0n) is 8.75. The fraction of sp³-hybridized carbons (Fsp3) is 0.333. The third-order valence-electron chi connectivity index (χ3n) is 2.23. The van der Waals surface area contributed by atoms with Crippen molar-refractivity contribution in [3.8, 4) is 0 Å². The van der Waals surface area contributed by atoms with Gasteiger partial charge in [0, 0.05) is 17.1 Å². The van der Waals surface area contributed by atoms with Crippen LogP contribution in [0.2, 0.25) is 0 Å². The number of hydrogen-bond donors (Lipinski definition) is 2. The first-order chi connectivity index (χ1) is 7.27. The topological polar surface area (TPSA) is 38.0 Å². The van der Waals surface area contributed by atoms with Crippen LogP contribution in [0, 0.1) is 0 Å². The normalized spacial score (nSPS) is 12.4. The van der Waals surface area contributed by atoms with Crippen LogP contribution < -0.4 is 11.1 Å².